The van der Waals surface area contributed by atoms with E-state index in [9.17, 15) is 4.79 Å². The van der Waals surface area contributed by atoms with Gasteiger partial charge in [-0.3, -0.25) is 9.69 Å². The first-order valence-electron chi connectivity index (χ1n) is 7.75. The maximum absolute atomic E-state index is 12.4. The lowest BCUT2D eigenvalue weighted by Crippen LogP contribution is -2.51. The molecule has 1 aliphatic carbocycles. The third-order valence-corrected chi connectivity index (χ3v) is 4.78. The molecular formula is C17H24N2O. The van der Waals surface area contributed by atoms with Gasteiger partial charge in [0.15, 0.2) is 0 Å². The summed E-state index contributed by atoms with van der Waals surface area (Å²) in [6, 6.07) is 8.61. The molecule has 0 N–H and O–H groups in total. The van der Waals surface area contributed by atoms with Crippen molar-refractivity contribution >= 4 is 5.91 Å². The van der Waals surface area contributed by atoms with E-state index in [0.29, 0.717) is 6.04 Å². The molecule has 3 nitrogen and oxygen atoms in total. The van der Waals surface area contributed by atoms with Crippen LogP contribution in [-0.4, -0.2) is 47.9 Å². The Morgan fingerprint density at radius 3 is 2.25 bits per heavy atom. The van der Waals surface area contributed by atoms with Crippen molar-refractivity contribution in [1.82, 2.24) is 9.80 Å². The Hall–Kier alpha value is -1.35. The van der Waals surface area contributed by atoms with Gasteiger partial charge in [-0.25, -0.2) is 0 Å². The Balaban J connectivity index is 1.57. The van der Waals surface area contributed by atoms with E-state index in [0.717, 1.165) is 37.7 Å². The number of carbonyl (C=O) groups excluding carboxylic acids is 1. The quantitative estimate of drug-likeness (QED) is 0.844. The van der Waals surface area contributed by atoms with Gasteiger partial charge in [-0.1, -0.05) is 17.7 Å². The highest BCUT2D eigenvalue weighted by Gasteiger charge is 2.33. The number of hydrogen-bond donors (Lipinski definition) is 0. The molecule has 3 heteroatoms. The van der Waals surface area contributed by atoms with Crippen molar-refractivity contribution in [2.45, 2.75) is 32.7 Å². The minimum Gasteiger partial charge on any atom is -0.336 e. The average molecular weight is 272 g/mol. The van der Waals surface area contributed by atoms with Crippen LogP contribution in [0.15, 0.2) is 24.3 Å². The van der Waals surface area contributed by atoms with Gasteiger partial charge in [0, 0.05) is 37.8 Å². The van der Waals surface area contributed by atoms with Gasteiger partial charge in [0.05, 0.1) is 0 Å². The first-order valence-corrected chi connectivity index (χ1v) is 7.75. The molecule has 3 rings (SSSR count). The number of nitrogens with zero attached hydrogens (tertiary/aromatic N) is 2. The predicted octanol–water partition coefficient (Wildman–Crippen LogP) is 2.55. The molecule has 1 saturated heterocycles. The van der Waals surface area contributed by atoms with Crippen LogP contribution in [0.4, 0.5) is 0 Å². The molecule has 0 spiro atoms. The van der Waals surface area contributed by atoms with Crippen LogP contribution in [0.3, 0.4) is 0 Å². The average Bonchev–Trinajstić information content (AvgIpc) is 3.31. The predicted molar refractivity (Wildman–Crippen MR) is 80.8 cm³/mol. The summed E-state index contributed by atoms with van der Waals surface area (Å²) in [5, 5.41) is 0. The standard InChI is InChI=1S/C17H24N2O/c1-13-3-5-16(6-4-13)17(20)19-11-9-18(10-12-19)14(2)15-7-8-15/h3-6,14-15H,7-12H2,1-2H3. The summed E-state index contributed by atoms with van der Waals surface area (Å²) in [5.74, 6) is 1.10. The van der Waals surface area contributed by atoms with Gasteiger partial charge in [0.2, 0.25) is 0 Å². The second-order valence-corrected chi connectivity index (χ2v) is 6.27. The van der Waals surface area contributed by atoms with E-state index in [4.69, 9.17) is 0 Å². The SMILES string of the molecule is Cc1ccc(C(=O)N2CCN(C(C)C3CC3)CC2)cc1. The van der Waals surface area contributed by atoms with Crippen LogP contribution in [0.5, 0.6) is 0 Å². The smallest absolute Gasteiger partial charge is 0.253 e. The fraction of sp³-hybridized carbons (Fsp3) is 0.588. The second-order valence-electron chi connectivity index (χ2n) is 6.27. The Bertz CT molecular complexity index is 470. The summed E-state index contributed by atoms with van der Waals surface area (Å²) in [7, 11) is 0. The molecule has 1 heterocycles. The molecule has 1 unspecified atom stereocenters. The minimum atomic E-state index is 0.184. The number of aryl methyl sites for hydroxylation is 1. The first kappa shape index (κ1) is 13.6. The first-order chi connectivity index (χ1) is 9.65. The van der Waals surface area contributed by atoms with Crippen LogP contribution in [0.25, 0.3) is 0 Å². The van der Waals surface area contributed by atoms with Crippen molar-refractivity contribution in [3.8, 4) is 0 Å². The van der Waals surface area contributed by atoms with Gasteiger partial charge in [-0.05, 0) is 44.7 Å². The van der Waals surface area contributed by atoms with Crippen molar-refractivity contribution < 1.29 is 4.79 Å². The minimum absolute atomic E-state index is 0.184. The summed E-state index contributed by atoms with van der Waals surface area (Å²) >= 11 is 0. The zero-order chi connectivity index (χ0) is 14.1. The van der Waals surface area contributed by atoms with E-state index >= 15 is 0 Å². The number of rotatable bonds is 3. The lowest BCUT2D eigenvalue weighted by Gasteiger charge is -2.38. The summed E-state index contributed by atoms with van der Waals surface area (Å²) in [4.78, 5) is 17.0. The molecule has 2 fully saturated rings. The Morgan fingerprint density at radius 1 is 1.10 bits per heavy atom. The molecular weight excluding hydrogens is 248 g/mol. The zero-order valence-corrected chi connectivity index (χ0v) is 12.5. The molecule has 1 amide bonds. The molecule has 1 aromatic rings. The van der Waals surface area contributed by atoms with E-state index in [1.807, 2.05) is 36.1 Å². The molecule has 108 valence electrons. The third kappa shape index (κ3) is 2.88. The van der Waals surface area contributed by atoms with Crippen LogP contribution in [0, 0.1) is 12.8 Å². The van der Waals surface area contributed by atoms with Crippen LogP contribution in [0.1, 0.15) is 35.7 Å². The zero-order valence-electron chi connectivity index (χ0n) is 12.5. The fourth-order valence-electron chi connectivity index (χ4n) is 3.09. The molecule has 0 bridgehead atoms. The second kappa shape index (κ2) is 5.57. The molecule has 1 saturated carbocycles. The number of hydrogen-bond acceptors (Lipinski definition) is 2. The van der Waals surface area contributed by atoms with Crippen molar-refractivity contribution in [3.05, 3.63) is 35.4 Å². The molecule has 1 aromatic carbocycles. The molecule has 0 aromatic heterocycles. The molecule has 1 atom stereocenters. The maximum Gasteiger partial charge on any atom is 0.253 e. The van der Waals surface area contributed by atoms with E-state index < -0.39 is 0 Å². The van der Waals surface area contributed by atoms with Crippen LogP contribution >= 0.6 is 0 Å². The topological polar surface area (TPSA) is 23.6 Å². The number of amides is 1. The lowest BCUT2D eigenvalue weighted by atomic mass is 10.1. The monoisotopic (exact) mass is 272 g/mol. The Labute approximate surface area is 121 Å². The van der Waals surface area contributed by atoms with Gasteiger partial charge >= 0.3 is 0 Å². The molecule has 1 aliphatic heterocycles. The molecule has 2 aliphatic rings. The number of piperazine rings is 1. The van der Waals surface area contributed by atoms with Gasteiger partial charge in [0.1, 0.15) is 0 Å². The Kier molecular flexibility index (Phi) is 3.79. The third-order valence-electron chi connectivity index (χ3n) is 4.78. The van der Waals surface area contributed by atoms with Crippen molar-refractivity contribution in [1.29, 1.82) is 0 Å². The lowest BCUT2D eigenvalue weighted by molar-refractivity contribution is 0.0564. The highest BCUT2D eigenvalue weighted by Crippen LogP contribution is 2.35. The van der Waals surface area contributed by atoms with E-state index in [1.54, 1.807) is 0 Å². The van der Waals surface area contributed by atoms with Crippen LogP contribution in [-0.2, 0) is 0 Å². The van der Waals surface area contributed by atoms with Crippen LogP contribution in [0.2, 0.25) is 0 Å². The largest absolute Gasteiger partial charge is 0.336 e. The van der Waals surface area contributed by atoms with Gasteiger partial charge < -0.3 is 4.90 Å². The number of carbonyl (C=O) groups is 1. The van der Waals surface area contributed by atoms with E-state index in [1.165, 1.54) is 18.4 Å². The number of benzene rings is 1. The van der Waals surface area contributed by atoms with Crippen LogP contribution < -0.4 is 0 Å². The summed E-state index contributed by atoms with van der Waals surface area (Å²) in [6.07, 6.45) is 2.79. The molecule has 20 heavy (non-hydrogen) atoms. The van der Waals surface area contributed by atoms with Gasteiger partial charge in [-0.2, -0.15) is 0 Å². The Morgan fingerprint density at radius 2 is 1.70 bits per heavy atom. The van der Waals surface area contributed by atoms with Crippen molar-refractivity contribution in [2.75, 3.05) is 26.2 Å². The maximum atomic E-state index is 12.4. The van der Waals surface area contributed by atoms with E-state index in [-0.39, 0.29) is 5.91 Å². The van der Waals surface area contributed by atoms with E-state index in [2.05, 4.69) is 11.8 Å². The van der Waals surface area contributed by atoms with Gasteiger partial charge in [-0.15, -0.1) is 0 Å². The molecule has 0 radical (unpaired) electrons. The summed E-state index contributed by atoms with van der Waals surface area (Å²) in [5.41, 5.74) is 2.02. The van der Waals surface area contributed by atoms with Gasteiger partial charge in [0.25, 0.3) is 5.91 Å². The summed E-state index contributed by atoms with van der Waals surface area (Å²) < 4.78 is 0. The highest BCUT2D eigenvalue weighted by molar-refractivity contribution is 5.94. The highest BCUT2D eigenvalue weighted by atomic mass is 16.2. The fourth-order valence-corrected chi connectivity index (χ4v) is 3.09. The normalized spacial score (nSPS) is 21.8. The summed E-state index contributed by atoms with van der Waals surface area (Å²) in [6.45, 7) is 8.17. The van der Waals surface area contributed by atoms with Crippen molar-refractivity contribution in [3.63, 3.8) is 0 Å². The van der Waals surface area contributed by atoms with Crippen molar-refractivity contribution in [2.24, 2.45) is 5.92 Å².